The number of carboxylic acids is 4. The van der Waals surface area contributed by atoms with Crippen LogP contribution in [0.25, 0.3) is 10.9 Å². The lowest BCUT2D eigenvalue weighted by Crippen LogP contribution is -2.42. The van der Waals surface area contributed by atoms with Gasteiger partial charge >= 0.3 is 23.9 Å². The van der Waals surface area contributed by atoms with Gasteiger partial charge in [0.25, 0.3) is 17.5 Å². The Morgan fingerprint density at radius 3 is 1.88 bits per heavy atom. The van der Waals surface area contributed by atoms with Crippen LogP contribution >= 0.6 is 0 Å². The second-order valence-electron chi connectivity index (χ2n) is 8.58. The van der Waals surface area contributed by atoms with Crippen molar-refractivity contribution >= 4 is 53.1 Å². The van der Waals surface area contributed by atoms with Crippen LogP contribution in [-0.2, 0) is 19.2 Å². The first-order valence-corrected chi connectivity index (χ1v) is 11.6. The Hall–Kier alpha value is -6.03. The van der Waals surface area contributed by atoms with Gasteiger partial charge in [0.15, 0.2) is 0 Å². The summed E-state index contributed by atoms with van der Waals surface area (Å²) >= 11 is 0. The van der Waals surface area contributed by atoms with Crippen molar-refractivity contribution in [2.45, 2.75) is 6.92 Å². The molecule has 1 aliphatic rings. The number of allylic oxidation sites excluding steroid dienone is 2. The van der Waals surface area contributed by atoms with Gasteiger partial charge < -0.3 is 25.3 Å². The molecule has 2 amide bonds. The first kappa shape index (κ1) is 29.5. The molecule has 13 heteroatoms. The molecular formula is C28H21N3O10. The minimum atomic E-state index is -1.48. The number of nitrogens with zero attached hydrogens (tertiary/aromatic N) is 3. The van der Waals surface area contributed by atoms with Crippen molar-refractivity contribution in [3.63, 3.8) is 0 Å². The summed E-state index contributed by atoms with van der Waals surface area (Å²) in [7, 11) is 0. The Balaban J connectivity index is 1.98. The van der Waals surface area contributed by atoms with Gasteiger partial charge in [0.2, 0.25) is 0 Å². The van der Waals surface area contributed by atoms with Gasteiger partial charge in [-0.15, -0.1) is 0 Å². The molecule has 0 saturated carbocycles. The first-order chi connectivity index (χ1) is 19.3. The van der Waals surface area contributed by atoms with E-state index in [4.69, 9.17) is 16.8 Å². The molecule has 1 heterocycles. The van der Waals surface area contributed by atoms with Gasteiger partial charge in [0.05, 0.1) is 23.4 Å². The van der Waals surface area contributed by atoms with E-state index < -0.39 is 65.6 Å². The van der Waals surface area contributed by atoms with Crippen molar-refractivity contribution in [1.82, 2.24) is 0 Å². The topological polar surface area (TPSA) is 194 Å². The van der Waals surface area contributed by atoms with Crippen LogP contribution in [0.4, 0.5) is 11.4 Å². The minimum absolute atomic E-state index is 0.0667. The zero-order valence-electron chi connectivity index (χ0n) is 21.3. The lowest BCUT2D eigenvalue weighted by Gasteiger charge is -2.28. The van der Waals surface area contributed by atoms with E-state index in [2.05, 4.69) is 4.85 Å². The normalized spacial score (nSPS) is 14.3. The summed E-state index contributed by atoms with van der Waals surface area (Å²) in [6, 6.07) is 8.98. The predicted molar refractivity (Wildman–Crippen MR) is 143 cm³/mol. The number of imide groups is 1. The molecule has 0 spiro atoms. The molecule has 208 valence electrons. The standard InChI is InChI=1S/C28H21N3O10/c1-15-21(5-3-4-16-6-8-19(9-7-16)30(13-22(32)33)14-23(34)35)25(36)31(26(37)24(15)29-2)20-11-17(27(38)39)10-18(12-20)28(40)41/h3-12H,13-14H2,1H3,(H,32,33)(H,34,35)(H,38,39)(H,40,41)/b4-3?,21-5-. The fraction of sp³-hybridized carbons (Fsp3) is 0.107. The summed E-state index contributed by atoms with van der Waals surface area (Å²) in [6.07, 6.45) is 4.34. The number of carbonyl (C=O) groups excluding carboxylic acids is 2. The average molecular weight is 559 g/mol. The van der Waals surface area contributed by atoms with E-state index in [1.54, 1.807) is 18.2 Å². The zero-order valence-corrected chi connectivity index (χ0v) is 21.3. The smallest absolute Gasteiger partial charge is 0.335 e. The molecule has 0 aliphatic carbocycles. The SMILES string of the molecule is [C-]#[N+]C1=C(C)/C(=C/C=Cc2ccc(N(CC(=O)O)CC(=O)O)cc2)C(=O)N(c2cc(C(=O)O)cc(C(=O)O)c2)C1=O. The zero-order chi connectivity index (χ0) is 30.4. The Kier molecular flexibility index (Phi) is 8.80. The molecule has 0 unspecified atom stereocenters. The number of aliphatic carboxylic acids is 2. The number of anilines is 2. The quantitative estimate of drug-likeness (QED) is 0.190. The molecule has 0 saturated heterocycles. The Morgan fingerprint density at radius 2 is 1.41 bits per heavy atom. The highest BCUT2D eigenvalue weighted by Crippen LogP contribution is 2.31. The van der Waals surface area contributed by atoms with Crippen LogP contribution in [-0.4, -0.2) is 69.2 Å². The lowest BCUT2D eigenvalue weighted by molar-refractivity contribution is -0.136. The summed E-state index contributed by atoms with van der Waals surface area (Å²) in [4.78, 5) is 76.5. The molecular weight excluding hydrogens is 538 g/mol. The number of carbonyl (C=O) groups is 6. The van der Waals surface area contributed by atoms with Crippen molar-refractivity contribution in [1.29, 1.82) is 0 Å². The molecule has 0 bridgehead atoms. The van der Waals surface area contributed by atoms with E-state index in [1.165, 1.54) is 31.2 Å². The summed E-state index contributed by atoms with van der Waals surface area (Å²) in [5, 5.41) is 36.8. The summed E-state index contributed by atoms with van der Waals surface area (Å²) in [6.45, 7) is 7.78. The van der Waals surface area contributed by atoms with E-state index in [-0.39, 0.29) is 16.8 Å². The molecule has 3 rings (SSSR count). The Bertz CT molecular complexity index is 1560. The largest absolute Gasteiger partial charge is 0.480 e. The maximum Gasteiger partial charge on any atom is 0.335 e. The Labute approximate surface area is 232 Å². The number of aromatic carboxylic acids is 2. The van der Waals surface area contributed by atoms with Crippen molar-refractivity contribution < 1.29 is 49.2 Å². The number of carboxylic acid groups (broad SMARTS) is 4. The number of amides is 2. The van der Waals surface area contributed by atoms with Gasteiger partial charge in [-0.25, -0.2) is 14.4 Å². The van der Waals surface area contributed by atoms with Crippen LogP contribution in [0.3, 0.4) is 0 Å². The van der Waals surface area contributed by atoms with E-state index in [0.29, 0.717) is 16.2 Å². The molecule has 41 heavy (non-hydrogen) atoms. The van der Waals surface area contributed by atoms with Crippen LogP contribution in [0.1, 0.15) is 33.2 Å². The van der Waals surface area contributed by atoms with Crippen molar-refractivity contribution in [3.05, 3.63) is 99.6 Å². The van der Waals surface area contributed by atoms with Crippen LogP contribution in [0.2, 0.25) is 0 Å². The van der Waals surface area contributed by atoms with E-state index >= 15 is 0 Å². The maximum absolute atomic E-state index is 13.4. The highest BCUT2D eigenvalue weighted by Gasteiger charge is 2.37. The maximum atomic E-state index is 13.4. The third-order valence-electron chi connectivity index (χ3n) is 5.84. The molecule has 2 aromatic rings. The van der Waals surface area contributed by atoms with Gasteiger partial charge in [-0.2, -0.15) is 0 Å². The molecule has 0 atom stereocenters. The average Bonchev–Trinajstić information content (AvgIpc) is 2.90. The predicted octanol–water partition coefficient (Wildman–Crippen LogP) is 2.76. The number of hydrogen-bond donors (Lipinski definition) is 4. The molecule has 4 N–H and O–H groups in total. The molecule has 2 aromatic carbocycles. The fourth-order valence-electron chi connectivity index (χ4n) is 3.93. The summed E-state index contributed by atoms with van der Waals surface area (Å²) in [5.41, 5.74) is -0.768. The van der Waals surface area contributed by atoms with Gasteiger partial charge in [0, 0.05) is 11.3 Å². The van der Waals surface area contributed by atoms with Gasteiger partial charge in [-0.05, 0) is 48.4 Å². The van der Waals surface area contributed by atoms with E-state index in [9.17, 15) is 39.0 Å². The molecule has 0 fully saturated rings. The molecule has 0 aromatic heterocycles. The second-order valence-corrected chi connectivity index (χ2v) is 8.58. The van der Waals surface area contributed by atoms with Crippen molar-refractivity contribution in [2.75, 3.05) is 22.9 Å². The van der Waals surface area contributed by atoms with Crippen molar-refractivity contribution in [3.8, 4) is 0 Å². The summed E-state index contributed by atoms with van der Waals surface area (Å²) in [5.74, 6) is -7.32. The fourth-order valence-corrected chi connectivity index (χ4v) is 3.93. The van der Waals surface area contributed by atoms with Gasteiger partial charge in [-0.3, -0.25) is 24.1 Å². The lowest BCUT2D eigenvalue weighted by atomic mass is 9.97. The van der Waals surface area contributed by atoms with E-state index in [1.807, 2.05) is 0 Å². The van der Waals surface area contributed by atoms with Gasteiger partial charge in [0.1, 0.15) is 13.1 Å². The first-order valence-electron chi connectivity index (χ1n) is 11.6. The second kappa shape index (κ2) is 12.2. The molecule has 0 radical (unpaired) electrons. The third kappa shape index (κ3) is 6.70. The van der Waals surface area contributed by atoms with Crippen molar-refractivity contribution in [2.24, 2.45) is 0 Å². The monoisotopic (exact) mass is 559 g/mol. The summed E-state index contributed by atoms with van der Waals surface area (Å²) < 4.78 is 0. The molecule has 1 aliphatic heterocycles. The number of hydrogen-bond acceptors (Lipinski definition) is 7. The highest BCUT2D eigenvalue weighted by molar-refractivity contribution is 6.31. The third-order valence-corrected chi connectivity index (χ3v) is 5.84. The minimum Gasteiger partial charge on any atom is -0.480 e. The highest BCUT2D eigenvalue weighted by atomic mass is 16.4. The Morgan fingerprint density at radius 1 is 0.878 bits per heavy atom. The van der Waals surface area contributed by atoms with Crippen LogP contribution in [0.15, 0.2) is 71.5 Å². The number of benzene rings is 2. The van der Waals surface area contributed by atoms with Crippen LogP contribution in [0, 0.1) is 6.57 Å². The van der Waals surface area contributed by atoms with Gasteiger partial charge in [-0.1, -0.05) is 30.4 Å². The molecule has 13 nitrogen and oxygen atoms in total. The van der Waals surface area contributed by atoms with E-state index in [0.717, 1.165) is 23.1 Å². The number of rotatable bonds is 10. The van der Waals surface area contributed by atoms with Crippen LogP contribution < -0.4 is 9.80 Å². The van der Waals surface area contributed by atoms with Crippen LogP contribution in [0.5, 0.6) is 0 Å².